The van der Waals surface area contributed by atoms with Gasteiger partial charge in [-0.25, -0.2) is 0 Å². The van der Waals surface area contributed by atoms with Gasteiger partial charge in [0.25, 0.3) is 11.8 Å². The maximum atomic E-state index is 12.1. The molecule has 1 saturated carbocycles. The molecule has 7 nitrogen and oxygen atoms in total. The first kappa shape index (κ1) is 15.8. The number of hydrogen-bond donors (Lipinski definition) is 3. The van der Waals surface area contributed by atoms with Gasteiger partial charge >= 0.3 is 5.97 Å². The van der Waals surface area contributed by atoms with E-state index in [1.807, 2.05) is 0 Å². The topological polar surface area (TPSA) is 119 Å². The molecule has 7 heteroatoms. The lowest BCUT2D eigenvalue weighted by Crippen LogP contribution is -2.33. The third-order valence-corrected chi connectivity index (χ3v) is 3.61. The third-order valence-electron chi connectivity index (χ3n) is 3.61. The molecule has 4 N–H and O–H groups in total. The number of carbonyl (C=O) groups is 3. The van der Waals surface area contributed by atoms with Crippen molar-refractivity contribution in [2.24, 2.45) is 11.7 Å². The van der Waals surface area contributed by atoms with Gasteiger partial charge < -0.3 is 20.9 Å². The Hall–Kier alpha value is -2.57. The van der Waals surface area contributed by atoms with E-state index >= 15 is 0 Å². The first-order chi connectivity index (χ1) is 10.5. The lowest BCUT2D eigenvalue weighted by molar-refractivity contribution is -0.141. The van der Waals surface area contributed by atoms with Crippen molar-refractivity contribution in [1.82, 2.24) is 5.32 Å². The fourth-order valence-corrected chi connectivity index (χ4v) is 2.46. The molecule has 0 unspecified atom stereocenters. The average Bonchev–Trinajstić information content (AvgIpc) is 2.94. The van der Waals surface area contributed by atoms with E-state index in [0.717, 1.165) is 0 Å². The molecule has 0 saturated heterocycles. The number of primary amides is 1. The third kappa shape index (κ3) is 4.21. The molecule has 2 atom stereocenters. The molecular formula is C15H18N2O5. The number of benzene rings is 1. The number of aliphatic carboxylic acids is 1. The van der Waals surface area contributed by atoms with E-state index in [0.29, 0.717) is 30.6 Å². The number of hydrogen-bond acceptors (Lipinski definition) is 4. The molecule has 0 aromatic heterocycles. The second-order valence-corrected chi connectivity index (χ2v) is 5.30. The summed E-state index contributed by atoms with van der Waals surface area (Å²) in [6.45, 7) is -0.218. The molecular weight excluding hydrogens is 288 g/mol. The Morgan fingerprint density at radius 2 is 1.91 bits per heavy atom. The van der Waals surface area contributed by atoms with E-state index in [2.05, 4.69) is 5.32 Å². The minimum Gasteiger partial charge on any atom is -0.484 e. The fourth-order valence-electron chi connectivity index (χ4n) is 2.46. The van der Waals surface area contributed by atoms with Gasteiger partial charge in [0, 0.05) is 11.6 Å². The number of nitrogens with one attached hydrogen (secondary N) is 1. The second kappa shape index (κ2) is 6.93. The van der Waals surface area contributed by atoms with Crippen LogP contribution in [0.4, 0.5) is 0 Å². The van der Waals surface area contributed by atoms with Crippen LogP contribution in [0.2, 0.25) is 0 Å². The van der Waals surface area contributed by atoms with Gasteiger partial charge in [-0.15, -0.1) is 0 Å². The number of amides is 2. The van der Waals surface area contributed by atoms with E-state index in [9.17, 15) is 14.4 Å². The van der Waals surface area contributed by atoms with Crippen LogP contribution in [0.1, 0.15) is 29.6 Å². The Bertz CT molecular complexity index is 570. The number of carbonyl (C=O) groups excluding carboxylic acids is 2. The molecule has 0 spiro atoms. The van der Waals surface area contributed by atoms with Crippen LogP contribution < -0.4 is 15.8 Å². The van der Waals surface area contributed by atoms with Gasteiger partial charge in [-0.05, 0) is 43.5 Å². The number of nitrogens with two attached hydrogens (primary N) is 1. The Balaban J connectivity index is 1.87. The predicted octanol–water partition coefficient (Wildman–Crippen LogP) is 0.534. The summed E-state index contributed by atoms with van der Waals surface area (Å²) in [4.78, 5) is 33.6. The molecule has 1 aromatic carbocycles. The maximum Gasteiger partial charge on any atom is 0.306 e. The maximum absolute atomic E-state index is 12.1. The Morgan fingerprint density at radius 1 is 1.23 bits per heavy atom. The van der Waals surface area contributed by atoms with Gasteiger partial charge in [-0.2, -0.15) is 0 Å². The smallest absolute Gasteiger partial charge is 0.306 e. The quantitative estimate of drug-likeness (QED) is 0.708. The van der Waals surface area contributed by atoms with Crippen molar-refractivity contribution in [3.8, 4) is 5.75 Å². The summed E-state index contributed by atoms with van der Waals surface area (Å²) >= 11 is 0. The highest BCUT2D eigenvalue weighted by molar-refractivity contribution is 5.94. The SMILES string of the molecule is NC(=O)COc1ccc(C(=O)N[C@H]2CC[C@@H](C(=O)O)C2)cc1. The highest BCUT2D eigenvalue weighted by Gasteiger charge is 2.30. The van der Waals surface area contributed by atoms with Crippen molar-refractivity contribution in [2.75, 3.05) is 6.61 Å². The van der Waals surface area contributed by atoms with Crippen LogP contribution in [0.15, 0.2) is 24.3 Å². The Morgan fingerprint density at radius 3 is 2.45 bits per heavy atom. The average molecular weight is 306 g/mol. The summed E-state index contributed by atoms with van der Waals surface area (Å²) in [5.74, 6) is -1.57. The van der Waals surface area contributed by atoms with Crippen LogP contribution >= 0.6 is 0 Å². The molecule has 1 fully saturated rings. The summed E-state index contributed by atoms with van der Waals surface area (Å²) in [6, 6.07) is 6.20. The zero-order chi connectivity index (χ0) is 16.1. The van der Waals surface area contributed by atoms with Crippen molar-refractivity contribution in [1.29, 1.82) is 0 Å². The van der Waals surface area contributed by atoms with Crippen LogP contribution in [-0.2, 0) is 9.59 Å². The molecule has 2 amide bonds. The van der Waals surface area contributed by atoms with Crippen LogP contribution in [-0.4, -0.2) is 35.5 Å². The molecule has 0 bridgehead atoms. The molecule has 0 radical (unpaired) electrons. The van der Waals surface area contributed by atoms with Gasteiger partial charge in [-0.3, -0.25) is 14.4 Å². The molecule has 1 aliphatic rings. The first-order valence-electron chi connectivity index (χ1n) is 7.00. The predicted molar refractivity (Wildman–Crippen MR) is 77.4 cm³/mol. The van der Waals surface area contributed by atoms with E-state index in [-0.39, 0.29) is 24.5 Å². The fraction of sp³-hybridized carbons (Fsp3) is 0.400. The van der Waals surface area contributed by atoms with Gasteiger partial charge in [0.2, 0.25) is 0 Å². The molecule has 0 heterocycles. The summed E-state index contributed by atoms with van der Waals surface area (Å²) in [5, 5.41) is 11.8. The summed E-state index contributed by atoms with van der Waals surface area (Å²) in [6.07, 6.45) is 1.71. The van der Waals surface area contributed by atoms with E-state index in [1.54, 1.807) is 24.3 Å². The number of rotatable bonds is 6. The largest absolute Gasteiger partial charge is 0.484 e. The lowest BCUT2D eigenvalue weighted by Gasteiger charge is -2.12. The minimum atomic E-state index is -0.812. The van der Waals surface area contributed by atoms with Crippen molar-refractivity contribution in [2.45, 2.75) is 25.3 Å². The number of ether oxygens (including phenoxy) is 1. The highest BCUT2D eigenvalue weighted by Crippen LogP contribution is 2.26. The van der Waals surface area contributed by atoms with Crippen molar-refractivity contribution >= 4 is 17.8 Å². The van der Waals surface area contributed by atoms with Crippen molar-refractivity contribution in [3.05, 3.63) is 29.8 Å². The number of carboxylic acids is 1. The highest BCUT2D eigenvalue weighted by atomic mass is 16.5. The summed E-state index contributed by atoms with van der Waals surface area (Å²) in [5.41, 5.74) is 5.42. The Labute approximate surface area is 127 Å². The molecule has 2 rings (SSSR count). The molecule has 118 valence electrons. The van der Waals surface area contributed by atoms with Crippen LogP contribution in [0.3, 0.4) is 0 Å². The summed E-state index contributed by atoms with van der Waals surface area (Å²) in [7, 11) is 0. The number of carboxylic acid groups (broad SMARTS) is 1. The van der Waals surface area contributed by atoms with E-state index in [1.165, 1.54) is 0 Å². The molecule has 1 aliphatic carbocycles. The van der Waals surface area contributed by atoms with Crippen molar-refractivity contribution < 1.29 is 24.2 Å². The lowest BCUT2D eigenvalue weighted by atomic mass is 10.1. The van der Waals surface area contributed by atoms with Gasteiger partial charge in [-0.1, -0.05) is 0 Å². The normalized spacial score (nSPS) is 20.4. The van der Waals surface area contributed by atoms with E-state index in [4.69, 9.17) is 15.6 Å². The van der Waals surface area contributed by atoms with Crippen LogP contribution in [0, 0.1) is 5.92 Å². The minimum absolute atomic E-state index is 0.112. The molecule has 0 aliphatic heterocycles. The molecule has 1 aromatic rings. The second-order valence-electron chi connectivity index (χ2n) is 5.30. The van der Waals surface area contributed by atoms with Gasteiger partial charge in [0.05, 0.1) is 5.92 Å². The zero-order valence-corrected chi connectivity index (χ0v) is 12.0. The summed E-state index contributed by atoms with van der Waals surface area (Å²) < 4.78 is 5.10. The van der Waals surface area contributed by atoms with Gasteiger partial charge in [0.15, 0.2) is 6.61 Å². The standard InChI is InChI=1S/C15H18N2O5/c16-13(18)8-22-12-5-2-9(3-6-12)14(19)17-11-4-1-10(7-11)15(20)21/h2-3,5-6,10-11H,1,4,7-8H2,(H2,16,18)(H,17,19)(H,20,21)/t10-,11+/m1/s1. The molecule has 22 heavy (non-hydrogen) atoms. The Kier molecular flexibility index (Phi) is 4.98. The first-order valence-corrected chi connectivity index (χ1v) is 7.00. The van der Waals surface area contributed by atoms with Crippen molar-refractivity contribution in [3.63, 3.8) is 0 Å². The monoisotopic (exact) mass is 306 g/mol. The zero-order valence-electron chi connectivity index (χ0n) is 12.0. The van der Waals surface area contributed by atoms with Crippen LogP contribution in [0.25, 0.3) is 0 Å². The van der Waals surface area contributed by atoms with Crippen LogP contribution in [0.5, 0.6) is 5.75 Å². The van der Waals surface area contributed by atoms with Gasteiger partial charge in [0.1, 0.15) is 5.75 Å². The van der Waals surface area contributed by atoms with E-state index < -0.39 is 11.9 Å².